The van der Waals surface area contributed by atoms with Gasteiger partial charge in [0.2, 0.25) is 0 Å². The molecule has 0 amide bonds. The second-order valence-electron chi connectivity index (χ2n) is 5.73. The smallest absolute Gasteiger partial charge is 0.312 e. The number of nitrogens with zero attached hydrogens (tertiary/aromatic N) is 4. The third kappa shape index (κ3) is 2.76. The van der Waals surface area contributed by atoms with E-state index in [0.29, 0.717) is 35.8 Å². The Hall–Kier alpha value is -2.74. The monoisotopic (exact) mass is 328 g/mol. The molecular weight excluding hydrogens is 311 g/mol. The lowest BCUT2D eigenvalue weighted by Crippen LogP contribution is -2.09. The molecule has 4 rings (SSSR count). The highest BCUT2D eigenvalue weighted by molar-refractivity contribution is 5.82. The van der Waals surface area contributed by atoms with Crippen LogP contribution < -0.4 is 11.1 Å². The molecule has 0 bridgehead atoms. The first-order valence-electron chi connectivity index (χ1n) is 7.80. The fraction of sp³-hybridized carbons (Fsp3) is 0.312. The third-order valence-corrected chi connectivity index (χ3v) is 4.02. The molecule has 1 aliphatic heterocycles. The average Bonchev–Trinajstić information content (AvgIpc) is 3.21. The molecule has 1 aromatic carbocycles. The van der Waals surface area contributed by atoms with Crippen molar-refractivity contribution >= 4 is 22.7 Å². The SMILES string of the molecule is Nc1cccc(CNc2nc(F)nc3c2ncn3C2CCCO2)c1. The maximum Gasteiger partial charge on any atom is 0.312 e. The first-order chi connectivity index (χ1) is 11.7. The summed E-state index contributed by atoms with van der Waals surface area (Å²) in [5.41, 5.74) is 8.38. The lowest BCUT2D eigenvalue weighted by Gasteiger charge is -2.12. The standard InChI is InChI=1S/C16H17FN6O/c17-16-21-14(19-8-10-3-1-4-11(18)7-10)13-15(22-16)23(9-20-13)12-5-2-6-24-12/h1,3-4,7,9,12H,2,5-6,8,18H2,(H,19,21,22). The van der Waals surface area contributed by atoms with Gasteiger partial charge in [-0.2, -0.15) is 14.4 Å². The minimum absolute atomic E-state index is 0.147. The van der Waals surface area contributed by atoms with Crippen molar-refractivity contribution in [3.8, 4) is 0 Å². The van der Waals surface area contributed by atoms with Gasteiger partial charge in [-0.1, -0.05) is 12.1 Å². The van der Waals surface area contributed by atoms with E-state index < -0.39 is 6.08 Å². The van der Waals surface area contributed by atoms with Crippen molar-refractivity contribution in [2.45, 2.75) is 25.6 Å². The third-order valence-electron chi connectivity index (χ3n) is 4.02. The normalized spacial score (nSPS) is 17.5. The predicted octanol–water partition coefficient (Wildman–Crippen LogP) is 2.47. The van der Waals surface area contributed by atoms with Gasteiger partial charge >= 0.3 is 6.08 Å². The second kappa shape index (κ2) is 6.04. The number of anilines is 2. The number of fused-ring (bicyclic) bond motifs is 1. The van der Waals surface area contributed by atoms with Crippen molar-refractivity contribution in [3.05, 3.63) is 42.2 Å². The molecule has 0 spiro atoms. The number of imidazole rings is 1. The van der Waals surface area contributed by atoms with Crippen LogP contribution in [0.4, 0.5) is 15.9 Å². The molecule has 0 radical (unpaired) electrons. The van der Waals surface area contributed by atoms with E-state index in [2.05, 4.69) is 20.3 Å². The first kappa shape index (κ1) is 14.8. The van der Waals surface area contributed by atoms with Gasteiger partial charge in [0.05, 0.1) is 6.33 Å². The summed E-state index contributed by atoms with van der Waals surface area (Å²) in [6.07, 6.45) is 2.52. The molecule has 1 aliphatic rings. The number of nitrogens with one attached hydrogen (secondary N) is 1. The molecule has 1 atom stereocenters. The molecule has 8 heteroatoms. The number of aromatic nitrogens is 4. The largest absolute Gasteiger partial charge is 0.399 e. The fourth-order valence-corrected chi connectivity index (χ4v) is 2.89. The molecule has 24 heavy (non-hydrogen) atoms. The Morgan fingerprint density at radius 2 is 2.29 bits per heavy atom. The van der Waals surface area contributed by atoms with Crippen molar-refractivity contribution in [2.24, 2.45) is 0 Å². The van der Waals surface area contributed by atoms with E-state index in [0.717, 1.165) is 18.4 Å². The Morgan fingerprint density at radius 3 is 3.08 bits per heavy atom. The highest BCUT2D eigenvalue weighted by atomic mass is 19.1. The molecule has 3 aromatic rings. The summed E-state index contributed by atoms with van der Waals surface area (Å²) in [6, 6.07) is 7.47. The van der Waals surface area contributed by atoms with E-state index in [9.17, 15) is 4.39 Å². The zero-order valence-electron chi connectivity index (χ0n) is 12.9. The molecule has 1 unspecified atom stereocenters. The minimum Gasteiger partial charge on any atom is -0.399 e. The van der Waals surface area contributed by atoms with E-state index >= 15 is 0 Å². The van der Waals surface area contributed by atoms with Crippen molar-refractivity contribution in [3.63, 3.8) is 0 Å². The lowest BCUT2D eigenvalue weighted by atomic mass is 10.2. The highest BCUT2D eigenvalue weighted by Gasteiger charge is 2.22. The Labute approximate surface area is 137 Å². The predicted molar refractivity (Wildman–Crippen MR) is 87.7 cm³/mol. The van der Waals surface area contributed by atoms with Crippen LogP contribution in [0.1, 0.15) is 24.6 Å². The van der Waals surface area contributed by atoms with Gasteiger partial charge in [0, 0.05) is 18.8 Å². The molecule has 1 saturated heterocycles. The second-order valence-corrected chi connectivity index (χ2v) is 5.73. The summed E-state index contributed by atoms with van der Waals surface area (Å²) < 4.78 is 21.3. The van der Waals surface area contributed by atoms with Crippen molar-refractivity contribution in [2.75, 3.05) is 17.7 Å². The van der Waals surface area contributed by atoms with Gasteiger partial charge in [0.15, 0.2) is 17.0 Å². The van der Waals surface area contributed by atoms with Gasteiger partial charge in [-0.25, -0.2) is 4.98 Å². The van der Waals surface area contributed by atoms with Crippen LogP contribution in [0.15, 0.2) is 30.6 Å². The van der Waals surface area contributed by atoms with Crippen LogP contribution in [0, 0.1) is 6.08 Å². The van der Waals surface area contributed by atoms with Crippen LogP contribution in [0.2, 0.25) is 0 Å². The van der Waals surface area contributed by atoms with Crippen molar-refractivity contribution in [1.29, 1.82) is 0 Å². The zero-order chi connectivity index (χ0) is 16.5. The summed E-state index contributed by atoms with van der Waals surface area (Å²) in [5.74, 6) is 0.358. The molecule has 0 saturated carbocycles. The maximum absolute atomic E-state index is 13.9. The van der Waals surface area contributed by atoms with Crippen LogP contribution >= 0.6 is 0 Å². The fourth-order valence-electron chi connectivity index (χ4n) is 2.89. The first-order valence-corrected chi connectivity index (χ1v) is 7.80. The topological polar surface area (TPSA) is 90.9 Å². The Morgan fingerprint density at radius 1 is 1.38 bits per heavy atom. The van der Waals surface area contributed by atoms with Gasteiger partial charge in [0.25, 0.3) is 0 Å². The highest BCUT2D eigenvalue weighted by Crippen LogP contribution is 2.28. The zero-order valence-corrected chi connectivity index (χ0v) is 12.9. The number of rotatable bonds is 4. The van der Waals surface area contributed by atoms with Gasteiger partial charge < -0.3 is 15.8 Å². The number of ether oxygens (including phenoxy) is 1. The van der Waals surface area contributed by atoms with E-state index in [1.54, 1.807) is 10.9 Å². The Kier molecular flexibility index (Phi) is 3.73. The number of benzene rings is 1. The molecule has 7 nitrogen and oxygen atoms in total. The van der Waals surface area contributed by atoms with E-state index in [-0.39, 0.29) is 6.23 Å². The summed E-state index contributed by atoms with van der Waals surface area (Å²) >= 11 is 0. The quantitative estimate of drug-likeness (QED) is 0.565. The molecule has 124 valence electrons. The number of hydrogen-bond donors (Lipinski definition) is 2. The van der Waals surface area contributed by atoms with Crippen LogP contribution in [-0.2, 0) is 11.3 Å². The Bertz CT molecular complexity index is 874. The van der Waals surface area contributed by atoms with Crippen LogP contribution in [0.25, 0.3) is 11.2 Å². The van der Waals surface area contributed by atoms with E-state index in [4.69, 9.17) is 10.5 Å². The van der Waals surface area contributed by atoms with E-state index in [1.807, 2.05) is 24.3 Å². The number of nitrogens with two attached hydrogens (primary N) is 1. The summed E-state index contributed by atoms with van der Waals surface area (Å²) in [5, 5.41) is 3.11. The van der Waals surface area contributed by atoms with Crippen LogP contribution in [-0.4, -0.2) is 26.1 Å². The summed E-state index contributed by atoms with van der Waals surface area (Å²) in [7, 11) is 0. The summed E-state index contributed by atoms with van der Waals surface area (Å²) in [6.45, 7) is 1.15. The Balaban J connectivity index is 1.65. The summed E-state index contributed by atoms with van der Waals surface area (Å²) in [4.78, 5) is 12.1. The van der Waals surface area contributed by atoms with E-state index in [1.165, 1.54) is 0 Å². The number of hydrogen-bond acceptors (Lipinski definition) is 6. The van der Waals surface area contributed by atoms with Gasteiger partial charge in [-0.15, -0.1) is 0 Å². The van der Waals surface area contributed by atoms with Gasteiger partial charge in [-0.05, 0) is 30.5 Å². The van der Waals surface area contributed by atoms with Gasteiger partial charge in [0.1, 0.15) is 6.23 Å². The molecule has 0 aliphatic carbocycles. The van der Waals surface area contributed by atoms with Crippen molar-refractivity contribution in [1.82, 2.24) is 19.5 Å². The van der Waals surface area contributed by atoms with Crippen molar-refractivity contribution < 1.29 is 9.13 Å². The van der Waals surface area contributed by atoms with Crippen LogP contribution in [0.3, 0.4) is 0 Å². The lowest BCUT2D eigenvalue weighted by molar-refractivity contribution is 0.0592. The number of halogens is 1. The molecule has 3 N–H and O–H groups in total. The minimum atomic E-state index is -0.794. The molecule has 2 aromatic heterocycles. The number of nitrogen functional groups attached to an aromatic ring is 1. The average molecular weight is 328 g/mol. The van der Waals surface area contributed by atoms with Gasteiger partial charge in [-0.3, -0.25) is 4.57 Å². The molecular formula is C16H17FN6O. The molecule has 1 fully saturated rings. The van der Waals surface area contributed by atoms with Crippen LogP contribution in [0.5, 0.6) is 0 Å². The maximum atomic E-state index is 13.9. The molecule has 3 heterocycles.